The number of anilines is 2. The lowest BCUT2D eigenvalue weighted by molar-refractivity contribution is 0.400. The molecular weight excluding hydrogens is 297 g/mol. The standard InChI is InChI=1S/C10H9ClFN3O3S/c1-5-2-9(14-18-5)15-19(16,17)8-4-6(13)3-7(11)10(8)12/h2-4H,13H2,1H3,(H,14,15). The molecule has 9 heteroatoms. The van der Waals surface area contributed by atoms with Crippen LogP contribution in [0.2, 0.25) is 5.02 Å². The van der Waals surface area contributed by atoms with E-state index in [1.807, 2.05) is 0 Å². The SMILES string of the molecule is Cc1cc(NS(=O)(=O)c2cc(N)cc(Cl)c2F)no1. The summed E-state index contributed by atoms with van der Waals surface area (Å²) >= 11 is 5.55. The molecule has 19 heavy (non-hydrogen) atoms. The largest absolute Gasteiger partial charge is 0.399 e. The molecule has 0 radical (unpaired) electrons. The summed E-state index contributed by atoms with van der Waals surface area (Å²) in [6.45, 7) is 1.59. The van der Waals surface area contributed by atoms with Crippen LogP contribution in [0.3, 0.4) is 0 Å². The average Bonchev–Trinajstić information content (AvgIpc) is 2.68. The highest BCUT2D eigenvalue weighted by molar-refractivity contribution is 7.92. The predicted molar refractivity (Wildman–Crippen MR) is 67.9 cm³/mol. The normalized spacial score (nSPS) is 11.5. The van der Waals surface area contributed by atoms with E-state index in [-0.39, 0.29) is 16.5 Å². The van der Waals surface area contributed by atoms with Gasteiger partial charge in [-0.2, -0.15) is 0 Å². The number of aromatic nitrogens is 1. The van der Waals surface area contributed by atoms with Gasteiger partial charge in [0.2, 0.25) is 0 Å². The zero-order valence-electron chi connectivity index (χ0n) is 9.65. The quantitative estimate of drug-likeness (QED) is 0.847. The summed E-state index contributed by atoms with van der Waals surface area (Å²) in [5.74, 6) is -0.734. The van der Waals surface area contributed by atoms with Gasteiger partial charge in [-0.1, -0.05) is 16.8 Å². The molecule has 2 aromatic rings. The zero-order valence-corrected chi connectivity index (χ0v) is 11.2. The molecule has 2 rings (SSSR count). The van der Waals surface area contributed by atoms with Gasteiger partial charge in [-0.05, 0) is 19.1 Å². The third-order valence-corrected chi connectivity index (χ3v) is 3.80. The van der Waals surface area contributed by atoms with Crippen LogP contribution in [0.1, 0.15) is 5.76 Å². The molecule has 0 aliphatic rings. The minimum Gasteiger partial charge on any atom is -0.399 e. The molecule has 0 saturated heterocycles. The maximum Gasteiger partial charge on any atom is 0.266 e. The van der Waals surface area contributed by atoms with Crippen molar-refractivity contribution >= 4 is 33.1 Å². The summed E-state index contributed by atoms with van der Waals surface area (Å²) in [5.41, 5.74) is 5.48. The second-order valence-corrected chi connectivity index (χ2v) is 5.80. The van der Waals surface area contributed by atoms with Crippen molar-refractivity contribution < 1.29 is 17.3 Å². The molecule has 0 spiro atoms. The van der Waals surface area contributed by atoms with Gasteiger partial charge in [0.25, 0.3) is 10.0 Å². The van der Waals surface area contributed by atoms with E-state index in [1.165, 1.54) is 6.07 Å². The van der Waals surface area contributed by atoms with E-state index in [2.05, 4.69) is 9.88 Å². The Bertz CT molecular complexity index is 730. The van der Waals surface area contributed by atoms with Crippen LogP contribution in [0.4, 0.5) is 15.9 Å². The number of nitrogen functional groups attached to an aromatic ring is 1. The fraction of sp³-hybridized carbons (Fsp3) is 0.100. The molecule has 0 aliphatic heterocycles. The van der Waals surface area contributed by atoms with Crippen molar-refractivity contribution in [2.24, 2.45) is 0 Å². The summed E-state index contributed by atoms with van der Waals surface area (Å²) in [7, 11) is -4.19. The molecule has 3 N–H and O–H groups in total. The molecular formula is C10H9ClFN3O3S. The number of nitrogens with two attached hydrogens (primary N) is 1. The Kier molecular flexibility index (Phi) is 3.38. The molecule has 1 aromatic carbocycles. The van der Waals surface area contributed by atoms with Gasteiger partial charge in [-0.3, -0.25) is 4.72 Å². The van der Waals surface area contributed by atoms with Crippen LogP contribution in [0.25, 0.3) is 0 Å². The molecule has 0 amide bonds. The summed E-state index contributed by atoms with van der Waals surface area (Å²) < 4.78 is 44.5. The molecule has 0 aliphatic carbocycles. The number of benzene rings is 1. The lowest BCUT2D eigenvalue weighted by Gasteiger charge is -2.08. The van der Waals surface area contributed by atoms with Gasteiger partial charge in [-0.15, -0.1) is 0 Å². The van der Waals surface area contributed by atoms with Crippen LogP contribution in [-0.2, 0) is 10.0 Å². The fourth-order valence-electron chi connectivity index (χ4n) is 1.39. The van der Waals surface area contributed by atoms with Crippen molar-refractivity contribution in [2.45, 2.75) is 11.8 Å². The highest BCUT2D eigenvalue weighted by Crippen LogP contribution is 2.27. The van der Waals surface area contributed by atoms with E-state index in [1.54, 1.807) is 6.92 Å². The molecule has 0 fully saturated rings. The Hall–Kier alpha value is -1.80. The van der Waals surface area contributed by atoms with Crippen molar-refractivity contribution in [1.29, 1.82) is 0 Å². The van der Waals surface area contributed by atoms with Gasteiger partial charge in [0, 0.05) is 11.8 Å². The summed E-state index contributed by atoms with van der Waals surface area (Å²) in [6, 6.07) is 3.44. The molecule has 1 heterocycles. The number of hydrogen-bond donors (Lipinski definition) is 2. The number of sulfonamides is 1. The monoisotopic (exact) mass is 305 g/mol. The first-order valence-corrected chi connectivity index (χ1v) is 6.86. The smallest absolute Gasteiger partial charge is 0.266 e. The van der Waals surface area contributed by atoms with Crippen LogP contribution in [0, 0.1) is 12.7 Å². The van der Waals surface area contributed by atoms with Crippen molar-refractivity contribution in [3.05, 3.63) is 34.8 Å². The van der Waals surface area contributed by atoms with Gasteiger partial charge >= 0.3 is 0 Å². The zero-order chi connectivity index (χ0) is 14.2. The number of nitrogens with zero attached hydrogens (tertiary/aromatic N) is 1. The predicted octanol–water partition coefficient (Wildman–Crippen LogP) is 2.16. The molecule has 0 saturated carbocycles. The number of nitrogens with one attached hydrogen (secondary N) is 1. The van der Waals surface area contributed by atoms with Crippen LogP contribution in [0.15, 0.2) is 27.6 Å². The third kappa shape index (κ3) is 2.79. The molecule has 6 nitrogen and oxygen atoms in total. The van der Waals surface area contributed by atoms with Crippen LogP contribution < -0.4 is 10.5 Å². The van der Waals surface area contributed by atoms with Crippen molar-refractivity contribution in [1.82, 2.24) is 5.16 Å². The molecule has 1 aromatic heterocycles. The van der Waals surface area contributed by atoms with E-state index in [0.29, 0.717) is 5.76 Å². The Morgan fingerprint density at radius 2 is 2.11 bits per heavy atom. The minimum absolute atomic E-state index is 0.0307. The number of rotatable bonds is 3. The molecule has 0 atom stereocenters. The maximum absolute atomic E-state index is 13.7. The molecule has 0 bridgehead atoms. The number of aryl methyl sites for hydroxylation is 1. The van der Waals surface area contributed by atoms with E-state index >= 15 is 0 Å². The Morgan fingerprint density at radius 1 is 1.42 bits per heavy atom. The Morgan fingerprint density at radius 3 is 2.68 bits per heavy atom. The number of halogens is 2. The first kappa shape index (κ1) is 13.6. The van der Waals surface area contributed by atoms with Crippen LogP contribution in [-0.4, -0.2) is 13.6 Å². The lowest BCUT2D eigenvalue weighted by atomic mass is 10.3. The first-order chi connectivity index (χ1) is 8.79. The summed E-state index contributed by atoms with van der Waals surface area (Å²) in [5, 5.41) is 3.07. The Labute approximate surface area is 113 Å². The highest BCUT2D eigenvalue weighted by Gasteiger charge is 2.23. The Balaban J connectivity index is 2.45. The average molecular weight is 306 g/mol. The fourth-order valence-corrected chi connectivity index (χ4v) is 2.79. The number of hydrogen-bond acceptors (Lipinski definition) is 5. The van der Waals surface area contributed by atoms with E-state index in [9.17, 15) is 12.8 Å². The first-order valence-electron chi connectivity index (χ1n) is 5.00. The van der Waals surface area contributed by atoms with Gasteiger partial charge in [-0.25, -0.2) is 12.8 Å². The maximum atomic E-state index is 13.7. The van der Waals surface area contributed by atoms with Crippen LogP contribution >= 0.6 is 11.6 Å². The molecule has 102 valence electrons. The third-order valence-electron chi connectivity index (χ3n) is 2.17. The second-order valence-electron chi connectivity index (χ2n) is 3.74. The van der Waals surface area contributed by atoms with Gasteiger partial charge in [0.05, 0.1) is 5.02 Å². The van der Waals surface area contributed by atoms with Crippen molar-refractivity contribution in [3.8, 4) is 0 Å². The van der Waals surface area contributed by atoms with Crippen molar-refractivity contribution in [3.63, 3.8) is 0 Å². The van der Waals surface area contributed by atoms with Crippen molar-refractivity contribution in [2.75, 3.05) is 10.5 Å². The van der Waals surface area contributed by atoms with Gasteiger partial charge in [0.15, 0.2) is 11.6 Å². The minimum atomic E-state index is -4.19. The lowest BCUT2D eigenvalue weighted by Crippen LogP contribution is -2.15. The second kappa shape index (κ2) is 4.71. The van der Waals surface area contributed by atoms with E-state index in [0.717, 1.165) is 12.1 Å². The van der Waals surface area contributed by atoms with E-state index in [4.69, 9.17) is 21.9 Å². The highest BCUT2D eigenvalue weighted by atomic mass is 35.5. The summed E-state index contributed by atoms with van der Waals surface area (Å²) in [6.07, 6.45) is 0. The van der Waals surface area contributed by atoms with Gasteiger partial charge < -0.3 is 10.3 Å². The van der Waals surface area contributed by atoms with Crippen LogP contribution in [0.5, 0.6) is 0 Å². The van der Waals surface area contributed by atoms with E-state index < -0.39 is 20.7 Å². The summed E-state index contributed by atoms with van der Waals surface area (Å²) in [4.78, 5) is -0.654. The molecule has 0 unspecified atom stereocenters. The van der Waals surface area contributed by atoms with Gasteiger partial charge in [0.1, 0.15) is 10.7 Å². The topological polar surface area (TPSA) is 98.2 Å².